The Kier molecular flexibility index (Phi) is 7.19. The van der Waals surface area contributed by atoms with Crippen molar-refractivity contribution in [3.63, 3.8) is 0 Å². The molecule has 0 spiro atoms. The second kappa shape index (κ2) is 10.0. The van der Waals surface area contributed by atoms with E-state index in [1.165, 1.54) is 0 Å². The molecule has 3 nitrogen and oxygen atoms in total. The van der Waals surface area contributed by atoms with Gasteiger partial charge in [0.15, 0.2) is 0 Å². The molecular formula is C23H21BrO3. The van der Waals surface area contributed by atoms with E-state index in [0.29, 0.717) is 26.2 Å². The van der Waals surface area contributed by atoms with Crippen LogP contribution in [0.2, 0.25) is 0 Å². The van der Waals surface area contributed by atoms with E-state index in [4.69, 9.17) is 9.47 Å². The monoisotopic (exact) mass is 424 g/mol. The number of carbonyl (C=O) groups excluding carboxylic acids is 1. The predicted octanol–water partition coefficient (Wildman–Crippen LogP) is 5.45. The lowest BCUT2D eigenvalue weighted by Crippen LogP contribution is -2.03. The largest absolute Gasteiger partial charge is 0.489 e. The Bertz CT molecular complexity index is 863. The van der Waals surface area contributed by atoms with Crippen LogP contribution in [0.15, 0.2) is 78.9 Å². The van der Waals surface area contributed by atoms with E-state index in [9.17, 15) is 4.79 Å². The van der Waals surface area contributed by atoms with Crippen molar-refractivity contribution in [3.05, 3.63) is 101 Å². The second-order valence-electron chi connectivity index (χ2n) is 6.23. The van der Waals surface area contributed by atoms with Gasteiger partial charge in [-0.15, -0.1) is 0 Å². The summed E-state index contributed by atoms with van der Waals surface area (Å²) in [4.78, 5) is 11.4. The molecule has 0 unspecified atom stereocenters. The highest BCUT2D eigenvalue weighted by Crippen LogP contribution is 2.24. The first-order valence-electron chi connectivity index (χ1n) is 8.79. The first-order valence-corrected chi connectivity index (χ1v) is 9.58. The maximum Gasteiger partial charge on any atom is 0.202 e. The SMILES string of the molecule is O=C(Br)Cc1ccc(OCc2ccccc2)c(COCc2ccccc2)c1. The summed E-state index contributed by atoms with van der Waals surface area (Å²) >= 11 is 3.00. The van der Waals surface area contributed by atoms with E-state index in [-0.39, 0.29) is 4.69 Å². The molecule has 3 aromatic carbocycles. The highest BCUT2D eigenvalue weighted by atomic mass is 79.9. The molecule has 4 heteroatoms. The molecule has 0 aliphatic carbocycles. The van der Waals surface area contributed by atoms with E-state index in [2.05, 4.69) is 15.9 Å². The van der Waals surface area contributed by atoms with Crippen LogP contribution in [0.4, 0.5) is 0 Å². The molecule has 0 atom stereocenters. The van der Waals surface area contributed by atoms with Crippen LogP contribution in [0.5, 0.6) is 5.75 Å². The Morgan fingerprint density at radius 2 is 1.37 bits per heavy atom. The van der Waals surface area contributed by atoms with Crippen LogP contribution in [0.3, 0.4) is 0 Å². The van der Waals surface area contributed by atoms with Gasteiger partial charge in [0, 0.05) is 12.0 Å². The zero-order valence-electron chi connectivity index (χ0n) is 14.9. The highest BCUT2D eigenvalue weighted by molar-refractivity contribution is 9.18. The summed E-state index contributed by atoms with van der Waals surface area (Å²) in [5.41, 5.74) is 4.10. The maximum atomic E-state index is 11.4. The Morgan fingerprint density at radius 1 is 0.741 bits per heavy atom. The van der Waals surface area contributed by atoms with Gasteiger partial charge in [-0.2, -0.15) is 0 Å². The molecule has 27 heavy (non-hydrogen) atoms. The molecule has 0 radical (unpaired) electrons. The average molecular weight is 425 g/mol. The number of halogens is 1. The summed E-state index contributed by atoms with van der Waals surface area (Å²) in [6.45, 7) is 1.44. The average Bonchev–Trinajstić information content (AvgIpc) is 2.68. The summed E-state index contributed by atoms with van der Waals surface area (Å²) in [6, 6.07) is 25.9. The molecule has 0 bridgehead atoms. The third-order valence-corrected chi connectivity index (χ3v) is 4.35. The zero-order chi connectivity index (χ0) is 18.9. The lowest BCUT2D eigenvalue weighted by molar-refractivity contribution is -0.109. The summed E-state index contributed by atoms with van der Waals surface area (Å²) in [7, 11) is 0. The maximum absolute atomic E-state index is 11.4. The normalized spacial score (nSPS) is 10.6. The molecule has 0 aliphatic heterocycles. The van der Waals surface area contributed by atoms with Crippen molar-refractivity contribution in [3.8, 4) is 5.75 Å². The van der Waals surface area contributed by atoms with Crippen molar-refractivity contribution in [2.45, 2.75) is 26.2 Å². The van der Waals surface area contributed by atoms with Crippen molar-refractivity contribution < 1.29 is 14.3 Å². The van der Waals surface area contributed by atoms with Crippen LogP contribution in [0, 0.1) is 0 Å². The van der Waals surface area contributed by atoms with E-state index < -0.39 is 0 Å². The van der Waals surface area contributed by atoms with Gasteiger partial charge in [0.1, 0.15) is 12.4 Å². The summed E-state index contributed by atoms with van der Waals surface area (Å²) in [5.74, 6) is 0.776. The molecule has 0 amide bonds. The van der Waals surface area contributed by atoms with Crippen LogP contribution in [0.1, 0.15) is 22.3 Å². The molecule has 0 heterocycles. The third-order valence-electron chi connectivity index (χ3n) is 4.07. The van der Waals surface area contributed by atoms with Gasteiger partial charge in [-0.1, -0.05) is 66.7 Å². The van der Waals surface area contributed by atoms with Gasteiger partial charge in [0.05, 0.1) is 13.2 Å². The minimum absolute atomic E-state index is 0.0448. The van der Waals surface area contributed by atoms with E-state index in [1.807, 2.05) is 78.9 Å². The van der Waals surface area contributed by atoms with Crippen LogP contribution in [-0.4, -0.2) is 4.69 Å². The predicted molar refractivity (Wildman–Crippen MR) is 110 cm³/mol. The van der Waals surface area contributed by atoms with Crippen LogP contribution in [0.25, 0.3) is 0 Å². The minimum Gasteiger partial charge on any atom is -0.489 e. The van der Waals surface area contributed by atoms with Crippen molar-refractivity contribution in [2.75, 3.05) is 0 Å². The quantitative estimate of drug-likeness (QED) is 0.428. The summed E-state index contributed by atoms with van der Waals surface area (Å²) in [5, 5.41) is 0. The zero-order valence-corrected chi connectivity index (χ0v) is 16.5. The van der Waals surface area contributed by atoms with Gasteiger partial charge < -0.3 is 9.47 Å². The van der Waals surface area contributed by atoms with E-state index in [1.54, 1.807) is 0 Å². The topological polar surface area (TPSA) is 35.5 Å². The van der Waals surface area contributed by atoms with Gasteiger partial charge in [0.25, 0.3) is 0 Å². The van der Waals surface area contributed by atoms with Gasteiger partial charge in [-0.3, -0.25) is 4.79 Å². The molecule has 0 aliphatic rings. The Morgan fingerprint density at radius 3 is 2.00 bits per heavy atom. The molecule has 138 valence electrons. The molecule has 0 saturated carbocycles. The molecular weight excluding hydrogens is 404 g/mol. The summed E-state index contributed by atoms with van der Waals surface area (Å²) < 4.78 is 11.8. The van der Waals surface area contributed by atoms with Gasteiger partial charge in [0.2, 0.25) is 4.69 Å². The number of benzene rings is 3. The summed E-state index contributed by atoms with van der Waals surface area (Å²) in [6.07, 6.45) is 0.338. The van der Waals surface area contributed by atoms with E-state index in [0.717, 1.165) is 28.0 Å². The Balaban J connectivity index is 1.69. The Labute approximate surface area is 168 Å². The fraction of sp³-hybridized carbons (Fsp3) is 0.174. The van der Waals surface area contributed by atoms with Crippen molar-refractivity contribution in [1.82, 2.24) is 0 Å². The standard InChI is InChI=1S/C23H21BrO3/c24-23(25)14-20-11-12-22(27-16-19-9-5-2-6-10-19)21(13-20)17-26-15-18-7-3-1-4-8-18/h1-13H,14-17H2. The second-order valence-corrected chi connectivity index (χ2v) is 7.11. The minimum atomic E-state index is -0.0448. The van der Waals surface area contributed by atoms with Gasteiger partial charge in [-0.05, 0) is 44.8 Å². The van der Waals surface area contributed by atoms with Crippen molar-refractivity contribution in [1.29, 1.82) is 0 Å². The van der Waals surface area contributed by atoms with Crippen LogP contribution < -0.4 is 4.74 Å². The number of rotatable bonds is 9. The number of hydrogen-bond donors (Lipinski definition) is 0. The molecule has 0 N–H and O–H groups in total. The van der Waals surface area contributed by atoms with Crippen LogP contribution >= 0.6 is 15.9 Å². The van der Waals surface area contributed by atoms with Crippen LogP contribution in [-0.2, 0) is 35.8 Å². The highest BCUT2D eigenvalue weighted by Gasteiger charge is 2.09. The molecule has 3 rings (SSSR count). The molecule has 3 aromatic rings. The first kappa shape index (κ1) is 19.3. The fourth-order valence-corrected chi connectivity index (χ4v) is 3.07. The lowest BCUT2D eigenvalue weighted by Gasteiger charge is -2.14. The number of hydrogen-bond acceptors (Lipinski definition) is 3. The smallest absolute Gasteiger partial charge is 0.202 e. The number of ether oxygens (including phenoxy) is 2. The van der Waals surface area contributed by atoms with Crippen molar-refractivity contribution >= 4 is 20.6 Å². The lowest BCUT2D eigenvalue weighted by atomic mass is 10.1. The molecule has 0 aromatic heterocycles. The fourth-order valence-electron chi connectivity index (χ4n) is 2.75. The van der Waals surface area contributed by atoms with E-state index >= 15 is 0 Å². The molecule has 0 saturated heterocycles. The molecule has 0 fully saturated rings. The Hall–Kier alpha value is -2.43. The third kappa shape index (κ3) is 6.35. The van der Waals surface area contributed by atoms with Gasteiger partial charge >= 0.3 is 0 Å². The van der Waals surface area contributed by atoms with Gasteiger partial charge in [-0.25, -0.2) is 0 Å². The first-order chi connectivity index (χ1) is 13.2. The number of carbonyl (C=O) groups is 1. The van der Waals surface area contributed by atoms with Crippen molar-refractivity contribution in [2.24, 2.45) is 0 Å².